The molecule has 3 N–H and O–H groups in total. The Hall–Kier alpha value is -0.120. The average molecular weight is 256 g/mol. The largest absolute Gasteiger partial charge is 0.380 e. The number of nitrogens with one attached hydrogen (secondary N) is 1. The number of hydrogen-bond acceptors (Lipinski definition) is 3. The maximum Gasteiger partial charge on any atom is 0.0724 e. The fourth-order valence-corrected chi connectivity index (χ4v) is 3.20. The molecular formula is C15H32N2O. The van der Waals surface area contributed by atoms with Crippen LogP contribution in [0.5, 0.6) is 0 Å². The Kier molecular flexibility index (Phi) is 8.64. The van der Waals surface area contributed by atoms with Crippen LogP contribution in [0.25, 0.3) is 0 Å². The van der Waals surface area contributed by atoms with E-state index < -0.39 is 0 Å². The lowest BCUT2D eigenvalue weighted by Gasteiger charge is -2.20. The highest BCUT2D eigenvalue weighted by Crippen LogP contribution is 2.22. The molecule has 1 aliphatic carbocycles. The Morgan fingerprint density at radius 3 is 2.78 bits per heavy atom. The van der Waals surface area contributed by atoms with Crippen molar-refractivity contribution in [2.24, 2.45) is 11.7 Å². The average Bonchev–Trinajstić information content (AvgIpc) is 2.82. The zero-order valence-electron chi connectivity index (χ0n) is 12.3. The predicted octanol–water partition coefficient (Wildman–Crippen LogP) is 2.69. The van der Waals surface area contributed by atoms with Gasteiger partial charge in [0.25, 0.3) is 0 Å². The normalized spacial score (nSPS) is 25.5. The molecule has 0 amide bonds. The van der Waals surface area contributed by atoms with Crippen molar-refractivity contribution in [3.8, 4) is 0 Å². The summed E-state index contributed by atoms with van der Waals surface area (Å²) in [5.74, 6) is 0.837. The van der Waals surface area contributed by atoms with Crippen LogP contribution in [0.1, 0.15) is 58.3 Å². The Balaban J connectivity index is 2.09. The fraction of sp³-hybridized carbons (Fsp3) is 1.00. The van der Waals surface area contributed by atoms with E-state index in [9.17, 15) is 0 Å². The molecule has 0 aromatic heterocycles. The zero-order chi connectivity index (χ0) is 13.2. The summed E-state index contributed by atoms with van der Waals surface area (Å²) in [6, 6.07) is 0.592. The predicted molar refractivity (Wildman–Crippen MR) is 77.7 cm³/mol. The number of methoxy groups -OCH3 is 1. The first-order valence-corrected chi connectivity index (χ1v) is 7.78. The molecule has 18 heavy (non-hydrogen) atoms. The second kappa shape index (κ2) is 9.76. The van der Waals surface area contributed by atoms with Gasteiger partial charge in [-0.3, -0.25) is 0 Å². The van der Waals surface area contributed by atoms with E-state index in [1.165, 1.54) is 51.4 Å². The van der Waals surface area contributed by atoms with Crippen LogP contribution in [0, 0.1) is 5.92 Å². The second-order valence-corrected chi connectivity index (χ2v) is 5.64. The fourth-order valence-electron chi connectivity index (χ4n) is 3.20. The molecule has 3 atom stereocenters. The van der Waals surface area contributed by atoms with Crippen molar-refractivity contribution >= 4 is 0 Å². The molecule has 0 radical (unpaired) electrons. The van der Waals surface area contributed by atoms with Gasteiger partial charge >= 0.3 is 0 Å². The van der Waals surface area contributed by atoms with Crippen molar-refractivity contribution in [3.63, 3.8) is 0 Å². The van der Waals surface area contributed by atoms with Gasteiger partial charge in [-0.1, -0.05) is 19.8 Å². The molecule has 3 nitrogen and oxygen atoms in total. The minimum Gasteiger partial charge on any atom is -0.380 e. The smallest absolute Gasteiger partial charge is 0.0724 e. The summed E-state index contributed by atoms with van der Waals surface area (Å²) < 4.78 is 5.50. The number of hydrogen-bond donors (Lipinski definition) is 2. The zero-order valence-corrected chi connectivity index (χ0v) is 12.3. The first-order valence-electron chi connectivity index (χ1n) is 7.78. The molecule has 0 aromatic carbocycles. The second-order valence-electron chi connectivity index (χ2n) is 5.64. The van der Waals surface area contributed by atoms with Gasteiger partial charge in [0, 0.05) is 13.2 Å². The third-order valence-corrected chi connectivity index (χ3v) is 4.22. The molecule has 0 saturated heterocycles. The van der Waals surface area contributed by atoms with Gasteiger partial charge in [0.15, 0.2) is 0 Å². The van der Waals surface area contributed by atoms with Crippen molar-refractivity contribution in [1.29, 1.82) is 0 Å². The van der Waals surface area contributed by atoms with E-state index in [1.807, 2.05) is 7.11 Å². The number of ether oxygens (including phenoxy) is 1. The Morgan fingerprint density at radius 2 is 2.11 bits per heavy atom. The monoisotopic (exact) mass is 256 g/mol. The SMILES string of the molecule is CCCC(CCN)CCCNC1CCCC1OC. The van der Waals surface area contributed by atoms with Crippen molar-refractivity contribution in [2.45, 2.75) is 70.4 Å². The first kappa shape index (κ1) is 15.9. The maximum absolute atomic E-state index is 5.67. The van der Waals surface area contributed by atoms with Gasteiger partial charge in [0.2, 0.25) is 0 Å². The van der Waals surface area contributed by atoms with Gasteiger partial charge < -0.3 is 15.8 Å². The summed E-state index contributed by atoms with van der Waals surface area (Å²) in [5.41, 5.74) is 5.67. The molecule has 1 fully saturated rings. The van der Waals surface area contributed by atoms with E-state index >= 15 is 0 Å². The van der Waals surface area contributed by atoms with Gasteiger partial charge in [-0.25, -0.2) is 0 Å². The van der Waals surface area contributed by atoms with Crippen LogP contribution < -0.4 is 11.1 Å². The Morgan fingerprint density at radius 1 is 1.28 bits per heavy atom. The van der Waals surface area contributed by atoms with Gasteiger partial charge in [-0.15, -0.1) is 0 Å². The molecule has 1 saturated carbocycles. The summed E-state index contributed by atoms with van der Waals surface area (Å²) >= 11 is 0. The van der Waals surface area contributed by atoms with E-state index in [4.69, 9.17) is 10.5 Å². The van der Waals surface area contributed by atoms with Gasteiger partial charge in [0.1, 0.15) is 0 Å². The molecule has 0 aliphatic heterocycles. The standard InChI is InChI=1S/C15H32N2O/c1-3-6-13(10-11-16)7-5-12-17-14-8-4-9-15(14)18-2/h13-15,17H,3-12,16H2,1-2H3. The maximum atomic E-state index is 5.67. The van der Waals surface area contributed by atoms with Crippen LogP contribution in [0.3, 0.4) is 0 Å². The number of nitrogens with two attached hydrogens (primary N) is 1. The molecular weight excluding hydrogens is 224 g/mol. The molecule has 3 heteroatoms. The van der Waals surface area contributed by atoms with E-state index in [0.29, 0.717) is 12.1 Å². The van der Waals surface area contributed by atoms with E-state index in [2.05, 4.69) is 12.2 Å². The minimum absolute atomic E-state index is 0.445. The molecule has 108 valence electrons. The molecule has 0 aromatic rings. The summed E-state index contributed by atoms with van der Waals surface area (Å²) in [7, 11) is 1.84. The van der Waals surface area contributed by atoms with Crippen molar-refractivity contribution in [3.05, 3.63) is 0 Å². The van der Waals surface area contributed by atoms with Crippen LogP contribution in [-0.4, -0.2) is 32.3 Å². The lowest BCUT2D eigenvalue weighted by Crippen LogP contribution is -2.37. The Bertz CT molecular complexity index is 193. The third kappa shape index (κ3) is 5.68. The van der Waals surface area contributed by atoms with Crippen LogP contribution in [0.4, 0.5) is 0 Å². The quantitative estimate of drug-likeness (QED) is 0.591. The van der Waals surface area contributed by atoms with Gasteiger partial charge in [-0.2, -0.15) is 0 Å². The molecule has 3 unspecified atom stereocenters. The molecule has 1 rings (SSSR count). The lowest BCUT2D eigenvalue weighted by molar-refractivity contribution is 0.0850. The van der Waals surface area contributed by atoms with Crippen molar-refractivity contribution in [2.75, 3.05) is 20.2 Å². The van der Waals surface area contributed by atoms with Crippen molar-refractivity contribution < 1.29 is 4.74 Å². The lowest BCUT2D eigenvalue weighted by atomic mass is 9.94. The highest BCUT2D eigenvalue weighted by atomic mass is 16.5. The molecule has 0 heterocycles. The molecule has 0 spiro atoms. The summed E-state index contributed by atoms with van der Waals surface area (Å²) in [5, 5.41) is 3.67. The van der Waals surface area contributed by atoms with E-state index in [0.717, 1.165) is 19.0 Å². The van der Waals surface area contributed by atoms with Crippen LogP contribution in [0.2, 0.25) is 0 Å². The highest BCUT2D eigenvalue weighted by molar-refractivity contribution is 4.83. The molecule has 0 bridgehead atoms. The van der Waals surface area contributed by atoms with Crippen LogP contribution in [-0.2, 0) is 4.74 Å². The van der Waals surface area contributed by atoms with Crippen molar-refractivity contribution in [1.82, 2.24) is 5.32 Å². The van der Waals surface area contributed by atoms with E-state index in [-0.39, 0.29) is 0 Å². The number of rotatable bonds is 10. The summed E-state index contributed by atoms with van der Waals surface area (Å²) in [6.45, 7) is 4.24. The minimum atomic E-state index is 0.445. The third-order valence-electron chi connectivity index (χ3n) is 4.22. The highest BCUT2D eigenvalue weighted by Gasteiger charge is 2.26. The van der Waals surface area contributed by atoms with Crippen LogP contribution >= 0.6 is 0 Å². The van der Waals surface area contributed by atoms with Gasteiger partial charge in [-0.05, 0) is 57.5 Å². The summed E-state index contributed by atoms with van der Waals surface area (Å²) in [6.07, 6.45) is 10.7. The van der Waals surface area contributed by atoms with E-state index in [1.54, 1.807) is 0 Å². The first-order chi connectivity index (χ1) is 8.81. The Labute approximate surface area is 113 Å². The van der Waals surface area contributed by atoms with Crippen LogP contribution in [0.15, 0.2) is 0 Å². The topological polar surface area (TPSA) is 47.3 Å². The molecule has 1 aliphatic rings. The summed E-state index contributed by atoms with van der Waals surface area (Å²) in [4.78, 5) is 0. The van der Waals surface area contributed by atoms with Gasteiger partial charge in [0.05, 0.1) is 6.10 Å².